The predicted molar refractivity (Wildman–Crippen MR) is 105 cm³/mol. The lowest BCUT2D eigenvalue weighted by Crippen LogP contribution is -2.34. The van der Waals surface area contributed by atoms with E-state index >= 15 is 0 Å². The van der Waals surface area contributed by atoms with Crippen LogP contribution in [0.3, 0.4) is 0 Å². The molecular weight excluding hydrogens is 418 g/mol. The number of nitrogens with one attached hydrogen (secondary N) is 1. The number of carbonyl (C=O) groups excluding carboxylic acids is 1. The minimum Gasteiger partial charge on any atom is -0.471 e. The summed E-state index contributed by atoms with van der Waals surface area (Å²) in [5.74, 6) is -4.71. The smallest absolute Gasteiger partial charge is 0.340 e. The van der Waals surface area contributed by atoms with Crippen molar-refractivity contribution in [1.82, 2.24) is 25.1 Å². The fraction of sp³-hybridized carbons (Fsp3) is 0.400. The predicted octanol–water partition coefficient (Wildman–Crippen LogP) is 3.60. The number of alkyl halides is 4. The quantitative estimate of drug-likeness (QED) is 0.543. The molecule has 3 aromatic heterocycles. The highest BCUT2D eigenvalue weighted by molar-refractivity contribution is 6.04. The summed E-state index contributed by atoms with van der Waals surface area (Å²) >= 11 is 0. The van der Waals surface area contributed by atoms with Gasteiger partial charge < -0.3 is 10.1 Å². The van der Waals surface area contributed by atoms with Gasteiger partial charge in [0, 0.05) is 30.2 Å². The fourth-order valence-corrected chi connectivity index (χ4v) is 2.86. The van der Waals surface area contributed by atoms with Gasteiger partial charge in [-0.2, -0.15) is 13.9 Å². The first kappa shape index (κ1) is 22.4. The third-order valence-corrected chi connectivity index (χ3v) is 4.27. The number of ether oxygens (including phenoxy) is 1. The SMILES string of the molecule is Cc1cc(Cn2cc3c(C(=O)NC(C)C)nccc3n2)cnc1OCC(F)(F)C(F)F. The molecule has 3 aromatic rings. The lowest BCUT2D eigenvalue weighted by atomic mass is 10.2. The van der Waals surface area contributed by atoms with E-state index in [2.05, 4.69) is 20.4 Å². The summed E-state index contributed by atoms with van der Waals surface area (Å²) in [6, 6.07) is 3.27. The van der Waals surface area contributed by atoms with Gasteiger partial charge in [-0.25, -0.2) is 13.8 Å². The van der Waals surface area contributed by atoms with Gasteiger partial charge in [0.05, 0.1) is 17.4 Å². The maximum Gasteiger partial charge on any atom is 0.340 e. The molecule has 0 fully saturated rings. The summed E-state index contributed by atoms with van der Waals surface area (Å²) < 4.78 is 57.0. The summed E-state index contributed by atoms with van der Waals surface area (Å²) in [5.41, 5.74) is 1.94. The standard InChI is InChI=1S/C20H21F4N5O2/c1-11(2)27-17(30)16-14-9-29(28-15(14)4-5-25-16)8-13-6-12(3)18(26-7-13)31-10-20(23,24)19(21)22/h4-7,9,11,19H,8,10H2,1-3H3,(H,27,30). The van der Waals surface area contributed by atoms with E-state index < -0.39 is 19.0 Å². The van der Waals surface area contributed by atoms with Crippen molar-refractivity contribution in [2.75, 3.05) is 6.61 Å². The molecule has 31 heavy (non-hydrogen) atoms. The molecule has 166 valence electrons. The Morgan fingerprint density at radius 1 is 1.29 bits per heavy atom. The summed E-state index contributed by atoms with van der Waals surface area (Å²) in [5, 5.41) is 7.80. The van der Waals surface area contributed by atoms with Crippen molar-refractivity contribution in [2.24, 2.45) is 0 Å². The molecule has 7 nitrogen and oxygen atoms in total. The number of hydrogen-bond donors (Lipinski definition) is 1. The molecule has 1 N–H and O–H groups in total. The zero-order valence-electron chi connectivity index (χ0n) is 17.1. The summed E-state index contributed by atoms with van der Waals surface area (Å²) in [4.78, 5) is 20.5. The van der Waals surface area contributed by atoms with Crippen molar-refractivity contribution in [3.63, 3.8) is 0 Å². The van der Waals surface area contributed by atoms with E-state index in [1.54, 1.807) is 29.9 Å². The Balaban J connectivity index is 1.77. The molecule has 0 aromatic carbocycles. The first-order valence-corrected chi connectivity index (χ1v) is 9.44. The number of aromatic nitrogens is 4. The van der Waals surface area contributed by atoms with Gasteiger partial charge in [-0.1, -0.05) is 0 Å². The Hall–Kier alpha value is -3.24. The average molecular weight is 439 g/mol. The highest BCUT2D eigenvalue weighted by atomic mass is 19.3. The monoisotopic (exact) mass is 439 g/mol. The number of carbonyl (C=O) groups is 1. The molecule has 0 bridgehead atoms. The van der Waals surface area contributed by atoms with Crippen LogP contribution >= 0.6 is 0 Å². The maximum atomic E-state index is 13.0. The Morgan fingerprint density at radius 2 is 2.03 bits per heavy atom. The van der Waals surface area contributed by atoms with E-state index in [9.17, 15) is 22.4 Å². The van der Waals surface area contributed by atoms with Gasteiger partial charge in [-0.3, -0.25) is 14.5 Å². The van der Waals surface area contributed by atoms with Crippen molar-refractivity contribution in [1.29, 1.82) is 0 Å². The molecule has 0 aliphatic rings. The number of halogens is 4. The number of fused-ring (bicyclic) bond motifs is 1. The van der Waals surface area contributed by atoms with Crippen LogP contribution in [0.2, 0.25) is 0 Å². The molecule has 11 heteroatoms. The zero-order chi connectivity index (χ0) is 22.8. The van der Waals surface area contributed by atoms with Crippen LogP contribution in [-0.4, -0.2) is 50.7 Å². The first-order chi connectivity index (χ1) is 14.6. The zero-order valence-corrected chi connectivity index (χ0v) is 17.1. The molecule has 0 atom stereocenters. The highest BCUT2D eigenvalue weighted by Gasteiger charge is 2.42. The van der Waals surface area contributed by atoms with Crippen molar-refractivity contribution in [3.8, 4) is 5.88 Å². The van der Waals surface area contributed by atoms with Crippen molar-refractivity contribution in [2.45, 2.75) is 45.7 Å². The highest BCUT2D eigenvalue weighted by Crippen LogP contribution is 2.25. The molecule has 0 aliphatic heterocycles. The summed E-state index contributed by atoms with van der Waals surface area (Å²) in [6.07, 6.45) is 0.755. The van der Waals surface area contributed by atoms with Crippen LogP contribution in [0.15, 0.2) is 30.7 Å². The molecule has 1 amide bonds. The van der Waals surface area contributed by atoms with E-state index in [-0.39, 0.29) is 30.1 Å². The molecule has 0 radical (unpaired) electrons. The second-order valence-electron chi connectivity index (χ2n) is 7.36. The van der Waals surface area contributed by atoms with Crippen LogP contribution in [0.5, 0.6) is 5.88 Å². The van der Waals surface area contributed by atoms with Crippen LogP contribution in [0.4, 0.5) is 17.6 Å². The number of hydrogen-bond acceptors (Lipinski definition) is 5. The molecule has 0 spiro atoms. The van der Waals surface area contributed by atoms with Crippen LogP contribution < -0.4 is 10.1 Å². The van der Waals surface area contributed by atoms with Gasteiger partial charge in [-0.05, 0) is 38.5 Å². The van der Waals surface area contributed by atoms with Gasteiger partial charge in [0.15, 0.2) is 6.61 Å². The Morgan fingerprint density at radius 3 is 2.68 bits per heavy atom. The number of aryl methyl sites for hydroxylation is 1. The van der Waals surface area contributed by atoms with Gasteiger partial charge in [-0.15, -0.1) is 0 Å². The maximum absolute atomic E-state index is 13.0. The lowest BCUT2D eigenvalue weighted by Gasteiger charge is -2.16. The van der Waals surface area contributed by atoms with Crippen LogP contribution in [0.25, 0.3) is 10.9 Å². The minimum absolute atomic E-state index is 0.0463. The first-order valence-electron chi connectivity index (χ1n) is 9.44. The van der Waals surface area contributed by atoms with Crippen LogP contribution in [0.1, 0.15) is 35.5 Å². The van der Waals surface area contributed by atoms with E-state index in [0.717, 1.165) is 0 Å². The van der Waals surface area contributed by atoms with Gasteiger partial charge in [0.25, 0.3) is 5.91 Å². The van der Waals surface area contributed by atoms with E-state index in [1.165, 1.54) is 12.4 Å². The fourth-order valence-electron chi connectivity index (χ4n) is 2.86. The molecule has 0 saturated heterocycles. The molecule has 0 aliphatic carbocycles. The largest absolute Gasteiger partial charge is 0.471 e. The summed E-state index contributed by atoms with van der Waals surface area (Å²) in [6.45, 7) is 4.08. The lowest BCUT2D eigenvalue weighted by molar-refractivity contribution is -0.148. The normalized spacial score (nSPS) is 12.0. The van der Waals surface area contributed by atoms with Crippen LogP contribution in [-0.2, 0) is 6.54 Å². The topological polar surface area (TPSA) is 81.9 Å². The second-order valence-corrected chi connectivity index (χ2v) is 7.36. The number of rotatable bonds is 8. The van der Waals surface area contributed by atoms with Gasteiger partial charge >= 0.3 is 12.3 Å². The van der Waals surface area contributed by atoms with Crippen molar-refractivity contribution in [3.05, 3.63) is 47.5 Å². The van der Waals surface area contributed by atoms with E-state index in [0.29, 0.717) is 22.0 Å². The third-order valence-electron chi connectivity index (χ3n) is 4.27. The van der Waals surface area contributed by atoms with E-state index in [4.69, 9.17) is 4.74 Å². The summed E-state index contributed by atoms with van der Waals surface area (Å²) in [7, 11) is 0. The Labute approximate surface area is 175 Å². The Kier molecular flexibility index (Phi) is 6.42. The van der Waals surface area contributed by atoms with Crippen molar-refractivity contribution >= 4 is 16.8 Å². The number of amides is 1. The van der Waals surface area contributed by atoms with Crippen molar-refractivity contribution < 1.29 is 27.1 Å². The number of pyridine rings is 2. The van der Waals surface area contributed by atoms with Gasteiger partial charge in [0.1, 0.15) is 5.69 Å². The van der Waals surface area contributed by atoms with Crippen LogP contribution in [0, 0.1) is 6.92 Å². The van der Waals surface area contributed by atoms with E-state index in [1.807, 2.05) is 13.8 Å². The molecule has 3 rings (SSSR count). The molecule has 0 saturated carbocycles. The molecule has 0 unspecified atom stereocenters. The molecule has 3 heterocycles. The third kappa shape index (κ3) is 5.28. The van der Waals surface area contributed by atoms with Gasteiger partial charge in [0.2, 0.25) is 5.88 Å². The minimum atomic E-state index is -4.25. The second kappa shape index (κ2) is 8.86. The number of nitrogens with zero attached hydrogens (tertiary/aromatic N) is 4. The Bertz CT molecular complexity index is 1080. The average Bonchev–Trinajstić information content (AvgIpc) is 3.08. The molecular formula is C20H21F4N5O2.